The van der Waals surface area contributed by atoms with Crippen molar-refractivity contribution in [3.63, 3.8) is 0 Å². The minimum atomic E-state index is 0.598. The monoisotopic (exact) mass is 340 g/mol. The zero-order valence-electron chi connectivity index (χ0n) is 9.82. The van der Waals surface area contributed by atoms with Crippen molar-refractivity contribution < 1.29 is 21.1 Å². The molecule has 0 fully saturated rings. The van der Waals surface area contributed by atoms with Crippen molar-refractivity contribution >= 4 is 13.6 Å². The average Bonchev–Trinajstić information content (AvgIpc) is 2.40. The third-order valence-corrected chi connectivity index (χ3v) is 2.17. The Morgan fingerprint density at radius 3 is 2.71 bits per heavy atom. The molecule has 0 aromatic heterocycles. The SMILES string of the molecule is Cc1cccc(OCc2c[c-]ccc2)c1.[Zn+][Br]. The van der Waals surface area contributed by atoms with Gasteiger partial charge in [0.2, 0.25) is 0 Å². The van der Waals surface area contributed by atoms with Gasteiger partial charge in [-0.3, -0.25) is 0 Å². The number of benzene rings is 2. The summed E-state index contributed by atoms with van der Waals surface area (Å²) in [4.78, 5) is 0. The van der Waals surface area contributed by atoms with Crippen molar-refractivity contribution in [2.45, 2.75) is 13.5 Å². The van der Waals surface area contributed by atoms with E-state index in [1.54, 1.807) is 0 Å². The Labute approximate surface area is 119 Å². The zero-order valence-corrected chi connectivity index (χ0v) is 14.4. The number of halogens is 1. The van der Waals surface area contributed by atoms with Crippen LogP contribution in [0.3, 0.4) is 0 Å². The number of ether oxygens (including phenoxy) is 1. The van der Waals surface area contributed by atoms with Crippen LogP contribution in [-0.2, 0) is 22.9 Å². The fourth-order valence-electron chi connectivity index (χ4n) is 1.39. The van der Waals surface area contributed by atoms with Gasteiger partial charge in [-0.15, -0.1) is 5.56 Å². The Morgan fingerprint density at radius 2 is 2.06 bits per heavy atom. The quantitative estimate of drug-likeness (QED) is 0.599. The van der Waals surface area contributed by atoms with Gasteiger partial charge in [-0.2, -0.15) is 30.3 Å². The van der Waals surface area contributed by atoms with Gasteiger partial charge in [0.15, 0.2) is 0 Å². The summed E-state index contributed by atoms with van der Waals surface area (Å²) >= 11 is 4.25. The van der Waals surface area contributed by atoms with Gasteiger partial charge < -0.3 is 4.74 Å². The molecule has 0 heterocycles. The molecule has 0 atom stereocenters. The number of hydrogen-bond acceptors (Lipinski definition) is 1. The maximum atomic E-state index is 5.65. The molecule has 17 heavy (non-hydrogen) atoms. The third-order valence-electron chi connectivity index (χ3n) is 2.17. The first-order valence-electron chi connectivity index (χ1n) is 5.26. The van der Waals surface area contributed by atoms with Crippen LogP contribution in [0, 0.1) is 13.0 Å². The molecule has 0 aliphatic carbocycles. The van der Waals surface area contributed by atoms with Crippen LogP contribution in [0.2, 0.25) is 0 Å². The first-order valence-corrected chi connectivity index (χ1v) is 12.2. The van der Waals surface area contributed by atoms with Crippen LogP contribution in [0.25, 0.3) is 0 Å². The van der Waals surface area contributed by atoms with Crippen LogP contribution in [0.4, 0.5) is 0 Å². The Hall–Kier alpha value is -0.657. The molecular weight excluding hydrogens is 329 g/mol. The van der Waals surface area contributed by atoms with E-state index >= 15 is 0 Å². The van der Waals surface area contributed by atoms with Crippen molar-refractivity contribution in [2.75, 3.05) is 0 Å². The molecule has 0 saturated heterocycles. The van der Waals surface area contributed by atoms with Crippen LogP contribution in [0.1, 0.15) is 11.1 Å². The molecule has 0 spiro atoms. The standard InChI is InChI=1S/C14H13O.BrH.Zn/c1-12-6-5-9-14(10-12)15-11-13-7-3-2-4-8-13;;/h2-3,5-10H,11H2,1H3;1H;/q-1;;+2/p-1. The van der Waals surface area contributed by atoms with E-state index in [4.69, 9.17) is 4.74 Å². The van der Waals surface area contributed by atoms with Gasteiger partial charge in [-0.05, 0) is 24.6 Å². The summed E-state index contributed by atoms with van der Waals surface area (Å²) in [5.74, 6) is 0.916. The molecule has 0 amide bonds. The molecule has 0 aliphatic rings. The summed E-state index contributed by atoms with van der Waals surface area (Å²) in [6, 6.07) is 18.9. The van der Waals surface area contributed by atoms with Gasteiger partial charge in [-0.25, -0.2) is 0 Å². The van der Waals surface area contributed by atoms with Crippen LogP contribution < -0.4 is 4.74 Å². The van der Waals surface area contributed by atoms with Gasteiger partial charge in [0.05, 0.1) is 6.61 Å². The summed E-state index contributed by atoms with van der Waals surface area (Å²) in [6.07, 6.45) is 0. The van der Waals surface area contributed by atoms with Crippen LogP contribution in [-0.4, -0.2) is 0 Å². The van der Waals surface area contributed by atoms with E-state index in [1.807, 2.05) is 42.5 Å². The molecule has 2 aromatic carbocycles. The van der Waals surface area contributed by atoms with E-state index < -0.39 is 0 Å². The van der Waals surface area contributed by atoms with E-state index in [0.29, 0.717) is 6.61 Å². The molecule has 2 rings (SSSR count). The van der Waals surface area contributed by atoms with Gasteiger partial charge >= 0.3 is 30.0 Å². The topological polar surface area (TPSA) is 9.23 Å². The van der Waals surface area contributed by atoms with Gasteiger partial charge in [-0.1, -0.05) is 12.1 Å². The van der Waals surface area contributed by atoms with E-state index in [-0.39, 0.29) is 0 Å². The third kappa shape index (κ3) is 5.47. The molecule has 1 nitrogen and oxygen atoms in total. The Bertz CT molecular complexity index is 431. The maximum absolute atomic E-state index is 5.65. The van der Waals surface area contributed by atoms with E-state index in [0.717, 1.165) is 11.3 Å². The summed E-state index contributed by atoms with van der Waals surface area (Å²) in [6.45, 7) is 2.66. The Balaban J connectivity index is 0.000000686. The van der Waals surface area contributed by atoms with Crippen molar-refractivity contribution in [3.8, 4) is 5.75 Å². The molecular formula is C14H13BrOZn. The predicted molar refractivity (Wildman–Crippen MR) is 69.7 cm³/mol. The molecule has 0 radical (unpaired) electrons. The van der Waals surface area contributed by atoms with Crippen LogP contribution >= 0.6 is 13.6 Å². The first kappa shape index (κ1) is 14.4. The molecule has 2 aromatic rings. The van der Waals surface area contributed by atoms with E-state index in [1.165, 1.54) is 21.9 Å². The van der Waals surface area contributed by atoms with Crippen LogP contribution in [0.5, 0.6) is 5.75 Å². The van der Waals surface area contributed by atoms with Crippen molar-refractivity contribution in [1.82, 2.24) is 0 Å². The Morgan fingerprint density at radius 1 is 1.24 bits per heavy atom. The fraction of sp³-hybridized carbons (Fsp3) is 0.143. The molecule has 0 unspecified atom stereocenters. The van der Waals surface area contributed by atoms with Crippen LogP contribution in [0.15, 0.2) is 48.5 Å². The normalized spacial score (nSPS) is 9.18. The second kappa shape index (κ2) is 8.44. The molecule has 3 heteroatoms. The number of rotatable bonds is 3. The van der Waals surface area contributed by atoms with Crippen molar-refractivity contribution in [3.05, 3.63) is 65.7 Å². The summed E-state index contributed by atoms with van der Waals surface area (Å²) < 4.78 is 5.65. The second-order valence-electron chi connectivity index (χ2n) is 3.52. The minimum absolute atomic E-state index is 0.598. The average molecular weight is 343 g/mol. The molecule has 0 saturated carbocycles. The van der Waals surface area contributed by atoms with Gasteiger partial charge in [0, 0.05) is 0 Å². The van der Waals surface area contributed by atoms with E-state index in [2.05, 4.69) is 32.7 Å². The van der Waals surface area contributed by atoms with Crippen molar-refractivity contribution in [1.29, 1.82) is 0 Å². The van der Waals surface area contributed by atoms with Gasteiger partial charge in [0.25, 0.3) is 0 Å². The summed E-state index contributed by atoms with van der Waals surface area (Å²) in [7, 11) is 0. The zero-order chi connectivity index (χ0) is 12.5. The summed E-state index contributed by atoms with van der Waals surface area (Å²) in [5.41, 5.74) is 2.35. The second-order valence-corrected chi connectivity index (χ2v) is 3.52. The predicted octanol–water partition coefficient (Wildman–Crippen LogP) is 4.22. The fourth-order valence-corrected chi connectivity index (χ4v) is 1.39. The molecule has 0 N–H and O–H groups in total. The van der Waals surface area contributed by atoms with E-state index in [9.17, 15) is 0 Å². The molecule has 84 valence electrons. The van der Waals surface area contributed by atoms with Crippen molar-refractivity contribution in [2.24, 2.45) is 0 Å². The first-order chi connectivity index (χ1) is 8.34. The number of aryl methyl sites for hydroxylation is 1. The number of hydrogen-bond donors (Lipinski definition) is 0. The van der Waals surface area contributed by atoms with Gasteiger partial charge in [0.1, 0.15) is 5.75 Å². The Kier molecular flexibility index (Phi) is 7.15. The summed E-state index contributed by atoms with van der Waals surface area (Å²) in [5, 5.41) is 0. The molecule has 0 aliphatic heterocycles. The molecule has 0 bridgehead atoms.